The van der Waals surface area contributed by atoms with Crippen LogP contribution in [0.2, 0.25) is 0 Å². The van der Waals surface area contributed by atoms with E-state index in [2.05, 4.69) is 19.1 Å². The van der Waals surface area contributed by atoms with Crippen LogP contribution in [-0.4, -0.2) is 58.0 Å². The zero-order chi connectivity index (χ0) is 25.4. The van der Waals surface area contributed by atoms with Crippen LogP contribution in [0.25, 0.3) is 4.13 Å². The Morgan fingerprint density at radius 3 is 1.53 bits per heavy atom. The van der Waals surface area contributed by atoms with Crippen LogP contribution in [0.4, 0.5) is 26.3 Å². The Morgan fingerprint density at radius 1 is 0.875 bits per heavy atom. The number of alkyl halides is 6. The highest BCUT2D eigenvalue weighted by Crippen LogP contribution is 2.36. The molecule has 18 heteroatoms. The predicted octanol–water partition coefficient (Wildman–Crippen LogP) is 2.40. The molecule has 1 aromatic rings. The Labute approximate surface area is 182 Å². The molecule has 0 aliphatic heterocycles. The summed E-state index contributed by atoms with van der Waals surface area (Å²) in [6, 6.07) is 4.26. The fourth-order valence-electron chi connectivity index (χ4n) is 1.93. The maximum absolute atomic E-state index is 11.4. The number of pyridine rings is 1. The van der Waals surface area contributed by atoms with E-state index in [1.807, 2.05) is 17.0 Å². The SMILES string of the molecule is CCCc1cc[n+](C[Si](OC)(OC)OC)cc1.O=S(=O)([N-]S(=O)(=O)C(F)(F)F)C(F)(F)F. The third-order valence-corrected chi connectivity index (χ3v) is 8.95. The average Bonchev–Trinajstić information content (AvgIpc) is 2.66. The molecule has 1 heterocycles. The number of nitrogens with zero attached hydrogens (tertiary/aromatic N) is 2. The molecule has 0 saturated heterocycles. The van der Waals surface area contributed by atoms with E-state index in [9.17, 15) is 43.2 Å². The van der Waals surface area contributed by atoms with Crippen LogP contribution < -0.4 is 4.57 Å². The second-order valence-electron chi connectivity index (χ2n) is 5.84. The average molecular weight is 537 g/mol. The first-order valence-electron chi connectivity index (χ1n) is 8.40. The van der Waals surface area contributed by atoms with E-state index < -0.39 is 39.9 Å². The Morgan fingerprint density at radius 2 is 1.25 bits per heavy atom. The Kier molecular flexibility index (Phi) is 11.2. The zero-order valence-corrected chi connectivity index (χ0v) is 19.9. The summed E-state index contributed by atoms with van der Waals surface area (Å²) < 4.78 is 127. The summed E-state index contributed by atoms with van der Waals surface area (Å²) in [7, 11) is -11.1. The molecule has 0 saturated carbocycles. The van der Waals surface area contributed by atoms with E-state index in [-0.39, 0.29) is 0 Å². The van der Waals surface area contributed by atoms with Crippen LogP contribution in [0.5, 0.6) is 0 Å². The molecule has 188 valence electrons. The molecule has 0 aromatic carbocycles. The van der Waals surface area contributed by atoms with Crippen LogP contribution in [0.3, 0.4) is 0 Å². The Hall–Kier alpha value is -1.31. The van der Waals surface area contributed by atoms with Gasteiger partial charge < -0.3 is 17.4 Å². The van der Waals surface area contributed by atoms with Crippen LogP contribution in [0, 0.1) is 0 Å². The first-order valence-corrected chi connectivity index (χ1v) is 13.2. The standard InChI is InChI=1S/C12H22NO3Si.C2F6NO4S2/c1-5-6-12-7-9-13(10-8-12)11-17(14-2,15-3)16-4;3-1(4,5)14(10,11)9-15(12,13)2(6,7)8/h7-10H,5-6,11H2,1-4H3;/q+1;-1. The smallest absolute Gasteiger partial charge is 0.421 e. The molecular formula is C14H22F6N2O7S2Si. The lowest BCUT2D eigenvalue weighted by Crippen LogP contribution is -2.56. The van der Waals surface area contributed by atoms with Crippen molar-refractivity contribution in [1.82, 2.24) is 0 Å². The number of hydrogen-bond donors (Lipinski definition) is 0. The van der Waals surface area contributed by atoms with Crippen LogP contribution in [0.15, 0.2) is 24.5 Å². The van der Waals surface area contributed by atoms with Gasteiger partial charge in [-0.25, -0.2) is 21.4 Å². The van der Waals surface area contributed by atoms with Gasteiger partial charge in [0.1, 0.15) is 0 Å². The lowest BCUT2D eigenvalue weighted by molar-refractivity contribution is -0.685. The second kappa shape index (κ2) is 11.7. The summed E-state index contributed by atoms with van der Waals surface area (Å²) in [5.41, 5.74) is -11.1. The van der Waals surface area contributed by atoms with Gasteiger partial charge in [-0.2, -0.15) is 26.3 Å². The summed E-state index contributed by atoms with van der Waals surface area (Å²) in [4.78, 5) is 0. The summed E-state index contributed by atoms with van der Waals surface area (Å²) in [5.74, 6) is 0. The summed E-state index contributed by atoms with van der Waals surface area (Å²) >= 11 is 0. The summed E-state index contributed by atoms with van der Waals surface area (Å²) in [5, 5.41) is 0. The van der Waals surface area contributed by atoms with Crippen molar-refractivity contribution in [2.75, 3.05) is 21.3 Å². The monoisotopic (exact) mass is 536 g/mol. The molecule has 0 aliphatic carbocycles. The number of rotatable bonds is 9. The molecule has 0 fully saturated rings. The summed E-state index contributed by atoms with van der Waals surface area (Å²) in [6.07, 6.45) is 7.00. The van der Waals surface area contributed by atoms with Crippen LogP contribution in [-0.2, 0) is 45.9 Å². The summed E-state index contributed by atoms with van der Waals surface area (Å²) in [6.45, 7) is 2.18. The molecule has 0 atom stereocenters. The molecule has 0 aliphatic rings. The normalized spacial score (nSPS) is 13.4. The van der Waals surface area contributed by atoms with Gasteiger partial charge in [0.15, 0.2) is 32.4 Å². The highest BCUT2D eigenvalue weighted by atomic mass is 32.3. The molecule has 1 aromatic heterocycles. The van der Waals surface area contributed by atoms with E-state index >= 15 is 0 Å². The number of hydrogen-bond acceptors (Lipinski definition) is 7. The van der Waals surface area contributed by atoms with Crippen molar-refractivity contribution < 1.29 is 61.0 Å². The topological polar surface area (TPSA) is 114 Å². The lowest BCUT2D eigenvalue weighted by atomic mass is 10.2. The van der Waals surface area contributed by atoms with Crippen molar-refractivity contribution in [3.63, 3.8) is 0 Å². The van der Waals surface area contributed by atoms with Gasteiger partial charge in [-0.1, -0.05) is 13.3 Å². The molecule has 0 amide bonds. The zero-order valence-electron chi connectivity index (χ0n) is 17.3. The van der Waals surface area contributed by atoms with Crippen molar-refractivity contribution >= 4 is 28.9 Å². The van der Waals surface area contributed by atoms with Gasteiger partial charge in [0, 0.05) is 33.5 Å². The minimum Gasteiger partial charge on any atom is -0.421 e. The molecule has 0 spiro atoms. The van der Waals surface area contributed by atoms with E-state index in [1.54, 1.807) is 21.3 Å². The molecule has 0 radical (unpaired) electrons. The first-order chi connectivity index (χ1) is 14.4. The van der Waals surface area contributed by atoms with Gasteiger partial charge >= 0.3 is 19.8 Å². The number of aromatic nitrogens is 1. The van der Waals surface area contributed by atoms with Gasteiger partial charge in [-0.3, -0.25) is 0 Å². The molecule has 9 nitrogen and oxygen atoms in total. The van der Waals surface area contributed by atoms with Crippen molar-refractivity contribution in [2.24, 2.45) is 0 Å². The highest BCUT2D eigenvalue weighted by molar-refractivity contribution is 8.13. The number of sulfonamides is 2. The van der Waals surface area contributed by atoms with Crippen molar-refractivity contribution in [3.8, 4) is 0 Å². The maximum Gasteiger partial charge on any atom is 0.569 e. The molecule has 1 rings (SSSR count). The van der Waals surface area contributed by atoms with Crippen molar-refractivity contribution in [2.45, 2.75) is 37.0 Å². The Bertz CT molecular complexity index is 868. The van der Waals surface area contributed by atoms with Crippen molar-refractivity contribution in [1.29, 1.82) is 0 Å². The van der Waals surface area contributed by atoms with E-state index in [0.717, 1.165) is 17.0 Å². The molecular weight excluding hydrogens is 514 g/mol. The quantitative estimate of drug-likeness (QED) is 0.271. The van der Waals surface area contributed by atoms with Crippen molar-refractivity contribution in [3.05, 3.63) is 34.2 Å². The van der Waals surface area contributed by atoms with Crippen LogP contribution in [0.1, 0.15) is 18.9 Å². The van der Waals surface area contributed by atoms with Gasteiger partial charge in [-0.15, -0.1) is 0 Å². The van der Waals surface area contributed by atoms with E-state index in [0.29, 0.717) is 6.17 Å². The number of aryl methyl sites for hydroxylation is 1. The van der Waals surface area contributed by atoms with Gasteiger partial charge in [0.05, 0.1) is 0 Å². The van der Waals surface area contributed by atoms with Gasteiger partial charge in [0.25, 0.3) is 0 Å². The largest absolute Gasteiger partial charge is 0.569 e. The second-order valence-corrected chi connectivity index (χ2v) is 12.2. The Balaban J connectivity index is 0.000000607. The van der Waals surface area contributed by atoms with Crippen LogP contribution >= 0.6 is 0 Å². The van der Waals surface area contributed by atoms with E-state index in [4.69, 9.17) is 13.3 Å². The third-order valence-electron chi connectivity index (χ3n) is 3.59. The van der Waals surface area contributed by atoms with Gasteiger partial charge in [0.2, 0.25) is 6.17 Å². The fraction of sp³-hybridized carbons (Fsp3) is 0.643. The van der Waals surface area contributed by atoms with Gasteiger partial charge in [-0.05, 0) is 12.0 Å². The molecule has 0 N–H and O–H groups in total. The lowest BCUT2D eigenvalue weighted by Gasteiger charge is -2.22. The molecule has 0 bridgehead atoms. The molecule has 32 heavy (non-hydrogen) atoms. The predicted molar refractivity (Wildman–Crippen MR) is 101 cm³/mol. The minimum absolute atomic E-state index is 0.628. The minimum atomic E-state index is -6.72. The fourth-order valence-corrected chi connectivity index (χ4v) is 5.18. The van der Waals surface area contributed by atoms with E-state index in [1.165, 1.54) is 5.56 Å². The third kappa shape index (κ3) is 8.91. The molecule has 0 unspecified atom stereocenters. The first kappa shape index (κ1) is 30.7. The number of halogens is 6. The maximum atomic E-state index is 11.4. The highest BCUT2D eigenvalue weighted by Gasteiger charge is 2.47.